The fourth-order valence-electron chi connectivity index (χ4n) is 4.28. The molecular weight excluding hydrogens is 402 g/mol. The molecule has 1 amide bonds. The van der Waals surface area contributed by atoms with Gasteiger partial charge in [-0.15, -0.1) is 0 Å². The number of benzene rings is 1. The standard InChI is InChI=1S/C25H21N5O2/c31-25(30-5-7-32-8-6-30)20-9-18(12-26-13-20)19-10-21-22(15-29-24(21)28-14-19)17-2-1-16-3-4-27-23(16)11-17/h1-4,9-15,27H,5-8H2,(H,28,29). The van der Waals surface area contributed by atoms with Crippen molar-refractivity contribution in [1.29, 1.82) is 0 Å². The lowest BCUT2D eigenvalue weighted by Gasteiger charge is -2.26. The zero-order valence-corrected chi connectivity index (χ0v) is 17.3. The molecular formula is C25H21N5O2. The van der Waals surface area contributed by atoms with Crippen LogP contribution in [0.1, 0.15) is 10.4 Å². The maximum atomic E-state index is 12.9. The Bertz CT molecular complexity index is 1450. The Morgan fingerprint density at radius 3 is 2.72 bits per heavy atom. The topological polar surface area (TPSA) is 86.9 Å². The van der Waals surface area contributed by atoms with Crippen LogP contribution in [-0.2, 0) is 4.74 Å². The maximum Gasteiger partial charge on any atom is 0.255 e. The zero-order chi connectivity index (χ0) is 21.5. The van der Waals surface area contributed by atoms with Gasteiger partial charge in [-0.2, -0.15) is 0 Å². The summed E-state index contributed by atoms with van der Waals surface area (Å²) >= 11 is 0. The molecule has 1 aliphatic heterocycles. The van der Waals surface area contributed by atoms with E-state index in [0.29, 0.717) is 31.9 Å². The first-order valence-electron chi connectivity index (χ1n) is 10.6. The molecule has 5 aromatic rings. The summed E-state index contributed by atoms with van der Waals surface area (Å²) in [6.45, 7) is 2.36. The first kappa shape index (κ1) is 18.8. The molecule has 0 spiro atoms. The largest absolute Gasteiger partial charge is 0.378 e. The van der Waals surface area contributed by atoms with Crippen LogP contribution in [0.15, 0.2) is 67.4 Å². The Morgan fingerprint density at radius 2 is 1.81 bits per heavy atom. The summed E-state index contributed by atoms with van der Waals surface area (Å²) in [5.41, 5.74) is 6.48. The highest BCUT2D eigenvalue weighted by Crippen LogP contribution is 2.32. The number of nitrogens with zero attached hydrogens (tertiary/aromatic N) is 3. The van der Waals surface area contributed by atoms with Crippen LogP contribution in [-0.4, -0.2) is 57.0 Å². The molecule has 0 saturated carbocycles. The van der Waals surface area contributed by atoms with Crippen molar-refractivity contribution in [1.82, 2.24) is 24.8 Å². The third kappa shape index (κ3) is 3.23. The first-order valence-corrected chi connectivity index (χ1v) is 10.6. The van der Waals surface area contributed by atoms with Crippen LogP contribution in [0.3, 0.4) is 0 Å². The van der Waals surface area contributed by atoms with Crippen LogP contribution in [0, 0.1) is 0 Å². The van der Waals surface area contributed by atoms with E-state index >= 15 is 0 Å². The summed E-state index contributed by atoms with van der Waals surface area (Å²) in [4.78, 5) is 30.2. The fraction of sp³-hybridized carbons (Fsp3) is 0.160. The molecule has 7 heteroatoms. The van der Waals surface area contributed by atoms with E-state index in [1.54, 1.807) is 12.4 Å². The average Bonchev–Trinajstić information content (AvgIpc) is 3.50. The lowest BCUT2D eigenvalue weighted by molar-refractivity contribution is 0.0302. The van der Waals surface area contributed by atoms with Gasteiger partial charge in [0.1, 0.15) is 5.65 Å². The van der Waals surface area contributed by atoms with E-state index in [4.69, 9.17) is 4.74 Å². The van der Waals surface area contributed by atoms with Gasteiger partial charge in [0, 0.05) is 71.7 Å². The van der Waals surface area contributed by atoms with Gasteiger partial charge in [0.2, 0.25) is 0 Å². The van der Waals surface area contributed by atoms with Gasteiger partial charge in [-0.1, -0.05) is 12.1 Å². The highest BCUT2D eigenvalue weighted by Gasteiger charge is 2.19. The monoisotopic (exact) mass is 423 g/mol. The van der Waals surface area contributed by atoms with Crippen LogP contribution < -0.4 is 0 Å². The SMILES string of the molecule is O=C(c1cncc(-c2cnc3[nH]cc(-c4ccc5cc[nH]c5c4)c3c2)c1)N1CCOCC1. The Hall–Kier alpha value is -3.97. The Morgan fingerprint density at radius 1 is 0.938 bits per heavy atom. The molecule has 6 rings (SSSR count). The number of hydrogen-bond acceptors (Lipinski definition) is 4. The van der Waals surface area contributed by atoms with Crippen LogP contribution >= 0.6 is 0 Å². The van der Waals surface area contributed by atoms with Crippen molar-refractivity contribution in [2.75, 3.05) is 26.3 Å². The predicted molar refractivity (Wildman–Crippen MR) is 123 cm³/mol. The van der Waals surface area contributed by atoms with E-state index in [1.807, 2.05) is 29.6 Å². The molecule has 1 saturated heterocycles. The smallest absolute Gasteiger partial charge is 0.255 e. The van der Waals surface area contributed by atoms with Crippen LogP contribution in [0.25, 0.3) is 44.2 Å². The fourth-order valence-corrected chi connectivity index (χ4v) is 4.28. The summed E-state index contributed by atoms with van der Waals surface area (Å²) in [5, 5.41) is 2.21. The molecule has 1 fully saturated rings. The second kappa shape index (κ2) is 7.62. The molecule has 4 aromatic heterocycles. The van der Waals surface area contributed by atoms with Crippen molar-refractivity contribution in [3.63, 3.8) is 0 Å². The van der Waals surface area contributed by atoms with Crippen molar-refractivity contribution in [3.05, 3.63) is 72.9 Å². The Kier molecular flexibility index (Phi) is 4.47. The van der Waals surface area contributed by atoms with E-state index < -0.39 is 0 Å². The van der Waals surface area contributed by atoms with E-state index in [9.17, 15) is 4.79 Å². The molecule has 32 heavy (non-hydrogen) atoms. The van der Waals surface area contributed by atoms with E-state index in [-0.39, 0.29) is 5.91 Å². The Labute approximate surface area is 184 Å². The van der Waals surface area contributed by atoms with Crippen molar-refractivity contribution in [2.45, 2.75) is 0 Å². The number of amides is 1. The lowest BCUT2D eigenvalue weighted by atomic mass is 10.0. The number of H-pyrrole nitrogens is 2. The minimum atomic E-state index is -0.0155. The summed E-state index contributed by atoms with van der Waals surface area (Å²) in [5.74, 6) is -0.0155. The summed E-state index contributed by atoms with van der Waals surface area (Å²) in [6.07, 6.45) is 9.15. The van der Waals surface area contributed by atoms with Crippen molar-refractivity contribution < 1.29 is 9.53 Å². The number of fused-ring (bicyclic) bond motifs is 2. The number of hydrogen-bond donors (Lipinski definition) is 2. The predicted octanol–water partition coefficient (Wildman–Crippen LogP) is 4.25. The number of aromatic nitrogens is 4. The van der Waals surface area contributed by atoms with Crippen molar-refractivity contribution in [3.8, 4) is 22.3 Å². The first-order chi connectivity index (χ1) is 15.8. The summed E-state index contributed by atoms with van der Waals surface area (Å²) in [6, 6.07) is 12.4. The molecule has 0 aliphatic carbocycles. The van der Waals surface area contributed by atoms with E-state index in [0.717, 1.165) is 38.8 Å². The zero-order valence-electron chi connectivity index (χ0n) is 17.3. The highest BCUT2D eigenvalue weighted by molar-refractivity contribution is 5.99. The number of aromatic amines is 2. The minimum Gasteiger partial charge on any atom is -0.378 e. The van der Waals surface area contributed by atoms with E-state index in [2.05, 4.69) is 50.3 Å². The number of carbonyl (C=O) groups is 1. The lowest BCUT2D eigenvalue weighted by Crippen LogP contribution is -2.40. The van der Waals surface area contributed by atoms with Gasteiger partial charge in [0.05, 0.1) is 18.8 Å². The van der Waals surface area contributed by atoms with Crippen LogP contribution in [0.4, 0.5) is 0 Å². The molecule has 0 atom stereocenters. The number of pyridine rings is 2. The number of nitrogens with one attached hydrogen (secondary N) is 2. The molecule has 0 unspecified atom stereocenters. The van der Waals surface area contributed by atoms with Gasteiger partial charge in [-0.25, -0.2) is 4.98 Å². The number of carbonyl (C=O) groups excluding carboxylic acids is 1. The maximum absolute atomic E-state index is 12.9. The van der Waals surface area contributed by atoms with Crippen molar-refractivity contribution >= 4 is 27.8 Å². The van der Waals surface area contributed by atoms with Gasteiger partial charge in [0.15, 0.2) is 0 Å². The number of ether oxygens (including phenoxy) is 1. The second-order valence-corrected chi connectivity index (χ2v) is 7.97. The molecule has 5 heterocycles. The van der Waals surface area contributed by atoms with Gasteiger partial charge < -0.3 is 19.6 Å². The van der Waals surface area contributed by atoms with Gasteiger partial charge in [0.25, 0.3) is 5.91 Å². The molecule has 0 bridgehead atoms. The minimum absolute atomic E-state index is 0.0155. The quantitative estimate of drug-likeness (QED) is 0.454. The van der Waals surface area contributed by atoms with Gasteiger partial charge in [-0.3, -0.25) is 9.78 Å². The average molecular weight is 423 g/mol. The molecule has 0 radical (unpaired) electrons. The van der Waals surface area contributed by atoms with Crippen LogP contribution in [0.5, 0.6) is 0 Å². The summed E-state index contributed by atoms with van der Waals surface area (Å²) in [7, 11) is 0. The van der Waals surface area contributed by atoms with Crippen LogP contribution in [0.2, 0.25) is 0 Å². The summed E-state index contributed by atoms with van der Waals surface area (Å²) < 4.78 is 5.36. The second-order valence-electron chi connectivity index (χ2n) is 7.97. The molecule has 2 N–H and O–H groups in total. The van der Waals surface area contributed by atoms with Gasteiger partial charge >= 0.3 is 0 Å². The molecule has 1 aliphatic rings. The number of morpholine rings is 1. The molecule has 1 aromatic carbocycles. The molecule has 7 nitrogen and oxygen atoms in total. The van der Waals surface area contributed by atoms with E-state index in [1.165, 1.54) is 5.39 Å². The Balaban J connectivity index is 1.38. The number of rotatable bonds is 3. The normalized spacial score (nSPS) is 14.3. The third-order valence-corrected chi connectivity index (χ3v) is 6.01. The molecule has 158 valence electrons. The van der Waals surface area contributed by atoms with Gasteiger partial charge in [-0.05, 0) is 35.2 Å². The van der Waals surface area contributed by atoms with Crippen molar-refractivity contribution in [2.24, 2.45) is 0 Å². The highest BCUT2D eigenvalue weighted by atomic mass is 16.5. The third-order valence-electron chi connectivity index (χ3n) is 6.01.